The molecule has 0 saturated carbocycles. The highest BCUT2D eigenvalue weighted by Crippen LogP contribution is 2.33. The van der Waals surface area contributed by atoms with Crippen molar-refractivity contribution in [2.75, 3.05) is 24.4 Å². The number of unbranched alkanes of at least 4 members (excludes halogenated alkanes) is 1. The van der Waals surface area contributed by atoms with Gasteiger partial charge in [0.15, 0.2) is 10.8 Å². The topological polar surface area (TPSA) is 52.3 Å². The Morgan fingerprint density at radius 1 is 1.41 bits per heavy atom. The van der Waals surface area contributed by atoms with Gasteiger partial charge in [0.25, 0.3) is 0 Å². The zero-order valence-corrected chi connectivity index (χ0v) is 11.6. The molecule has 1 atom stereocenters. The summed E-state index contributed by atoms with van der Waals surface area (Å²) in [4.78, 5) is 3.04. The highest BCUT2D eigenvalue weighted by atomic mass is 35.5. The van der Waals surface area contributed by atoms with E-state index in [1.165, 1.54) is 5.56 Å². The number of benzene rings is 1. The van der Waals surface area contributed by atoms with Crippen molar-refractivity contribution in [3.8, 4) is 0 Å². The summed E-state index contributed by atoms with van der Waals surface area (Å²) in [7, 11) is 1.98. The summed E-state index contributed by atoms with van der Waals surface area (Å²) in [6, 6.07) is 6.30. The average molecular weight is 275 g/mol. The van der Waals surface area contributed by atoms with Gasteiger partial charge in [-0.1, -0.05) is 6.07 Å². The van der Waals surface area contributed by atoms with Gasteiger partial charge in [-0.2, -0.15) is 0 Å². The van der Waals surface area contributed by atoms with Crippen molar-refractivity contribution < 1.29 is 4.55 Å². The van der Waals surface area contributed by atoms with Crippen molar-refractivity contribution in [3.63, 3.8) is 0 Å². The van der Waals surface area contributed by atoms with E-state index in [0.29, 0.717) is 5.88 Å². The molecule has 2 rings (SSSR count). The van der Waals surface area contributed by atoms with E-state index in [2.05, 4.69) is 23.1 Å². The Kier molecular flexibility index (Phi) is 5.59. The maximum atomic E-state index is 11.8. The van der Waals surface area contributed by atoms with Crippen LogP contribution in [0.1, 0.15) is 18.4 Å². The quantitative estimate of drug-likeness (QED) is 0.674. The molecule has 1 aliphatic rings. The number of nitrogens with two attached hydrogens (primary N) is 1. The standard InChI is InChI=1S/C12H18N2OS.ClH/c1-14-9-16(15)12-8-10(4-2-3-7-13)5-6-11(12)14;/h5-6,8H,2-4,7,9,13H2,1H3;1H. The van der Waals surface area contributed by atoms with Crippen LogP contribution in [0.15, 0.2) is 23.1 Å². The molecule has 3 nitrogen and oxygen atoms in total. The Hall–Kier alpha value is -0.420. The zero-order chi connectivity index (χ0) is 11.5. The highest BCUT2D eigenvalue weighted by molar-refractivity contribution is 7.92. The lowest BCUT2D eigenvalue weighted by atomic mass is 10.1. The molecular weight excluding hydrogens is 256 g/mol. The minimum atomic E-state index is -0.844. The second-order valence-electron chi connectivity index (χ2n) is 4.22. The van der Waals surface area contributed by atoms with Gasteiger partial charge in [0.1, 0.15) is 0 Å². The molecule has 1 aromatic rings. The van der Waals surface area contributed by atoms with E-state index in [1.807, 2.05) is 7.05 Å². The van der Waals surface area contributed by atoms with Gasteiger partial charge in [0.2, 0.25) is 0 Å². The molecule has 2 N–H and O–H groups in total. The average Bonchev–Trinajstić information content (AvgIpc) is 2.55. The second kappa shape index (κ2) is 6.50. The number of nitrogens with zero attached hydrogens (tertiary/aromatic N) is 1. The van der Waals surface area contributed by atoms with Crippen LogP contribution in [0.2, 0.25) is 0 Å². The van der Waals surface area contributed by atoms with E-state index in [1.54, 1.807) is 0 Å². The first kappa shape index (κ1) is 14.6. The molecule has 0 spiro atoms. The molecule has 96 valence electrons. The lowest BCUT2D eigenvalue weighted by Gasteiger charge is -2.07. The van der Waals surface area contributed by atoms with Gasteiger partial charge in [-0.3, -0.25) is 0 Å². The summed E-state index contributed by atoms with van der Waals surface area (Å²) in [6.45, 7) is 0.750. The van der Waals surface area contributed by atoms with Gasteiger partial charge >= 0.3 is 0 Å². The van der Waals surface area contributed by atoms with E-state index in [-0.39, 0.29) is 12.4 Å². The molecule has 1 aliphatic heterocycles. The summed E-state index contributed by atoms with van der Waals surface area (Å²) in [6.07, 6.45) is 3.20. The number of rotatable bonds is 4. The summed E-state index contributed by atoms with van der Waals surface area (Å²) in [5.41, 5.74) is 7.85. The van der Waals surface area contributed by atoms with Crippen LogP contribution in [0.4, 0.5) is 5.69 Å². The smallest absolute Gasteiger partial charge is 0.183 e. The maximum absolute atomic E-state index is 11.8. The van der Waals surface area contributed by atoms with Crippen LogP contribution in [-0.4, -0.2) is 24.0 Å². The van der Waals surface area contributed by atoms with Gasteiger partial charge < -0.3 is 15.2 Å². The van der Waals surface area contributed by atoms with Crippen LogP contribution in [0.3, 0.4) is 0 Å². The number of hydrogen-bond donors (Lipinski definition) is 1. The van der Waals surface area contributed by atoms with Crippen molar-refractivity contribution in [2.24, 2.45) is 5.73 Å². The lowest BCUT2D eigenvalue weighted by Crippen LogP contribution is -2.16. The van der Waals surface area contributed by atoms with Crippen molar-refractivity contribution in [3.05, 3.63) is 23.8 Å². The maximum Gasteiger partial charge on any atom is 0.183 e. The van der Waals surface area contributed by atoms with Crippen molar-refractivity contribution in [2.45, 2.75) is 24.2 Å². The molecule has 0 radical (unpaired) electrons. The fraction of sp³-hybridized carbons (Fsp3) is 0.500. The van der Waals surface area contributed by atoms with Crippen LogP contribution < -0.4 is 10.6 Å². The Balaban J connectivity index is 0.00000144. The molecule has 1 aromatic carbocycles. The Morgan fingerprint density at radius 3 is 2.88 bits per heavy atom. The molecule has 0 aromatic heterocycles. The Labute approximate surface area is 112 Å². The molecule has 1 unspecified atom stereocenters. The first-order valence-electron chi connectivity index (χ1n) is 5.65. The predicted molar refractivity (Wildman–Crippen MR) is 75.4 cm³/mol. The number of hydrogen-bond acceptors (Lipinski definition) is 3. The molecule has 0 saturated heterocycles. The third-order valence-electron chi connectivity index (χ3n) is 2.91. The first-order valence-corrected chi connectivity index (χ1v) is 6.97. The van der Waals surface area contributed by atoms with Crippen molar-refractivity contribution >= 4 is 29.3 Å². The minimum Gasteiger partial charge on any atom is -0.610 e. The summed E-state index contributed by atoms with van der Waals surface area (Å²) < 4.78 is 11.8. The summed E-state index contributed by atoms with van der Waals surface area (Å²) in [5, 5.41) is 0. The van der Waals surface area contributed by atoms with Gasteiger partial charge in [0.05, 0.1) is 5.69 Å². The van der Waals surface area contributed by atoms with Crippen LogP contribution in [0, 0.1) is 0 Å². The van der Waals surface area contributed by atoms with Crippen LogP contribution >= 0.6 is 12.4 Å². The second-order valence-corrected chi connectivity index (χ2v) is 5.61. The van der Waals surface area contributed by atoms with Crippen LogP contribution in [0.5, 0.6) is 0 Å². The molecule has 17 heavy (non-hydrogen) atoms. The molecule has 0 aliphatic carbocycles. The van der Waals surface area contributed by atoms with E-state index < -0.39 is 11.2 Å². The molecule has 1 heterocycles. The van der Waals surface area contributed by atoms with Crippen molar-refractivity contribution in [1.82, 2.24) is 0 Å². The van der Waals surface area contributed by atoms with Crippen LogP contribution in [0.25, 0.3) is 0 Å². The van der Waals surface area contributed by atoms with Crippen molar-refractivity contribution in [1.29, 1.82) is 0 Å². The van der Waals surface area contributed by atoms with E-state index in [4.69, 9.17) is 5.73 Å². The number of fused-ring (bicyclic) bond motifs is 1. The minimum absolute atomic E-state index is 0. The molecule has 5 heteroatoms. The fourth-order valence-electron chi connectivity index (χ4n) is 2.00. The van der Waals surface area contributed by atoms with Gasteiger partial charge in [-0.05, 0) is 43.5 Å². The molecule has 0 amide bonds. The third-order valence-corrected chi connectivity index (χ3v) is 4.35. The monoisotopic (exact) mass is 274 g/mol. The van der Waals surface area contributed by atoms with E-state index in [9.17, 15) is 4.55 Å². The van der Waals surface area contributed by atoms with E-state index >= 15 is 0 Å². The fourth-order valence-corrected chi connectivity index (χ4v) is 3.37. The number of halogens is 1. The molecule has 0 bridgehead atoms. The van der Waals surface area contributed by atoms with Gasteiger partial charge in [-0.15, -0.1) is 12.4 Å². The summed E-state index contributed by atoms with van der Waals surface area (Å²) in [5.74, 6) is 0.627. The molecular formula is C12H19ClN2OS. The third kappa shape index (κ3) is 3.28. The highest BCUT2D eigenvalue weighted by Gasteiger charge is 2.28. The van der Waals surface area contributed by atoms with E-state index in [0.717, 1.165) is 36.4 Å². The normalized spacial score (nSPS) is 17.8. The number of aryl methyl sites for hydroxylation is 1. The molecule has 0 fully saturated rings. The Morgan fingerprint density at radius 2 is 2.18 bits per heavy atom. The largest absolute Gasteiger partial charge is 0.610 e. The summed E-state index contributed by atoms with van der Waals surface area (Å²) >= 11 is -0.844. The SMILES string of the molecule is CN1C[S+]([O-])c2cc(CCCCN)ccc21.Cl. The van der Waals surface area contributed by atoms with Crippen LogP contribution in [-0.2, 0) is 17.6 Å². The van der Waals surface area contributed by atoms with Gasteiger partial charge in [-0.25, -0.2) is 0 Å². The zero-order valence-electron chi connectivity index (χ0n) is 10.0. The lowest BCUT2D eigenvalue weighted by molar-refractivity contribution is 0.598. The predicted octanol–water partition coefficient (Wildman–Crippen LogP) is 1.90. The van der Waals surface area contributed by atoms with Gasteiger partial charge in [0, 0.05) is 18.2 Å². The Bertz CT molecular complexity index is 376. The number of anilines is 1. The first-order chi connectivity index (χ1) is 7.72.